The van der Waals surface area contributed by atoms with Gasteiger partial charge in [-0.25, -0.2) is 0 Å². The number of carbonyl (C=O) groups is 3. The van der Waals surface area contributed by atoms with E-state index in [9.17, 15) is 14.4 Å². The van der Waals surface area contributed by atoms with E-state index in [1.165, 1.54) is 0 Å². The molecule has 154 valence electrons. The van der Waals surface area contributed by atoms with Crippen molar-refractivity contribution in [2.24, 2.45) is 0 Å². The van der Waals surface area contributed by atoms with E-state index in [0.29, 0.717) is 17.7 Å². The van der Waals surface area contributed by atoms with Crippen molar-refractivity contribution in [3.8, 4) is 0 Å². The van der Waals surface area contributed by atoms with Gasteiger partial charge in [-0.1, -0.05) is 36.4 Å². The van der Waals surface area contributed by atoms with Crippen molar-refractivity contribution in [3.05, 3.63) is 83.7 Å². The van der Waals surface area contributed by atoms with Crippen molar-refractivity contribution in [1.29, 1.82) is 0 Å². The number of aromatic nitrogens is 1. The standard InChI is InChI=1S/C24H24N2O4/c1-4-11-26-16(2)12-21(17(26)3)22(27)15-30-23(28)14-25-24(29)20-10-9-18-7-5-6-8-19(18)13-20/h4-10,12-13H,1,11,14-15H2,2-3H3,(H,25,29). The molecule has 0 saturated carbocycles. The molecule has 30 heavy (non-hydrogen) atoms. The van der Waals surface area contributed by atoms with Crippen LogP contribution in [-0.2, 0) is 16.1 Å². The molecule has 3 rings (SSSR count). The van der Waals surface area contributed by atoms with Crippen molar-refractivity contribution in [3.63, 3.8) is 0 Å². The number of esters is 1. The number of aryl methyl sites for hydroxylation is 1. The normalized spacial score (nSPS) is 10.6. The Hall–Kier alpha value is -3.67. The summed E-state index contributed by atoms with van der Waals surface area (Å²) in [5.41, 5.74) is 2.71. The molecule has 3 aromatic rings. The van der Waals surface area contributed by atoms with E-state index in [-0.39, 0.29) is 24.8 Å². The maximum atomic E-state index is 12.4. The highest BCUT2D eigenvalue weighted by Gasteiger charge is 2.17. The molecule has 0 unspecified atom stereocenters. The molecule has 6 nitrogen and oxygen atoms in total. The lowest BCUT2D eigenvalue weighted by Crippen LogP contribution is -2.31. The summed E-state index contributed by atoms with van der Waals surface area (Å²) in [6, 6.07) is 14.8. The van der Waals surface area contributed by atoms with Crippen LogP contribution in [0.3, 0.4) is 0 Å². The molecule has 0 spiro atoms. The van der Waals surface area contributed by atoms with Crippen molar-refractivity contribution < 1.29 is 19.1 Å². The quantitative estimate of drug-likeness (QED) is 0.354. The molecule has 0 atom stereocenters. The topological polar surface area (TPSA) is 77.4 Å². The van der Waals surface area contributed by atoms with Crippen LogP contribution >= 0.6 is 0 Å². The van der Waals surface area contributed by atoms with Crippen LogP contribution in [0.1, 0.15) is 32.1 Å². The zero-order valence-electron chi connectivity index (χ0n) is 17.1. The Morgan fingerprint density at radius 2 is 1.80 bits per heavy atom. The summed E-state index contributed by atoms with van der Waals surface area (Å²) in [5, 5.41) is 4.49. The van der Waals surface area contributed by atoms with Crippen LogP contribution in [0.25, 0.3) is 10.8 Å². The molecule has 0 fully saturated rings. The minimum Gasteiger partial charge on any atom is -0.456 e. The SMILES string of the molecule is C=CCn1c(C)cc(C(=O)COC(=O)CNC(=O)c2ccc3ccccc3c2)c1C. The van der Waals surface area contributed by atoms with Crippen molar-refractivity contribution in [1.82, 2.24) is 9.88 Å². The number of nitrogens with one attached hydrogen (secondary N) is 1. The smallest absolute Gasteiger partial charge is 0.325 e. The number of allylic oxidation sites excluding steroid dienone is 1. The third-order valence-electron chi connectivity index (χ3n) is 4.95. The first-order chi connectivity index (χ1) is 14.4. The van der Waals surface area contributed by atoms with Crippen molar-refractivity contribution in [2.75, 3.05) is 13.2 Å². The molecule has 0 aliphatic carbocycles. The lowest BCUT2D eigenvalue weighted by atomic mass is 10.1. The average Bonchev–Trinajstić information content (AvgIpc) is 3.04. The van der Waals surface area contributed by atoms with Gasteiger partial charge < -0.3 is 14.6 Å². The second kappa shape index (κ2) is 9.22. The van der Waals surface area contributed by atoms with E-state index in [2.05, 4.69) is 11.9 Å². The minimum absolute atomic E-state index is 0.285. The largest absolute Gasteiger partial charge is 0.456 e. The summed E-state index contributed by atoms with van der Waals surface area (Å²) >= 11 is 0. The van der Waals surface area contributed by atoms with Gasteiger partial charge in [-0.3, -0.25) is 14.4 Å². The molecule has 0 radical (unpaired) electrons. The molecule has 2 aromatic carbocycles. The van der Waals surface area contributed by atoms with Gasteiger partial charge in [-0.15, -0.1) is 6.58 Å². The number of hydrogen-bond acceptors (Lipinski definition) is 4. The predicted molar refractivity (Wildman–Crippen MR) is 116 cm³/mol. The summed E-state index contributed by atoms with van der Waals surface area (Å²) in [6.45, 7) is 7.38. The molecule has 1 heterocycles. The fourth-order valence-electron chi connectivity index (χ4n) is 3.35. The highest BCUT2D eigenvalue weighted by atomic mass is 16.5. The van der Waals surface area contributed by atoms with Crippen LogP contribution in [0.15, 0.2) is 61.2 Å². The van der Waals surface area contributed by atoms with Gasteiger partial charge >= 0.3 is 5.97 Å². The summed E-state index contributed by atoms with van der Waals surface area (Å²) < 4.78 is 7.01. The number of rotatable bonds is 8. The third kappa shape index (κ3) is 4.66. The van der Waals surface area contributed by atoms with Gasteiger partial charge in [0.15, 0.2) is 6.61 Å². The number of hydrogen-bond donors (Lipinski definition) is 1. The zero-order valence-corrected chi connectivity index (χ0v) is 17.1. The number of Topliss-reactive ketones (excluding diaryl/α,β-unsaturated/α-hetero) is 1. The Morgan fingerprint density at radius 3 is 2.53 bits per heavy atom. The average molecular weight is 404 g/mol. The van der Waals surface area contributed by atoms with E-state index in [1.54, 1.807) is 24.3 Å². The van der Waals surface area contributed by atoms with E-state index >= 15 is 0 Å². The molecule has 0 saturated heterocycles. The Morgan fingerprint density at radius 1 is 1.07 bits per heavy atom. The van der Waals surface area contributed by atoms with Gasteiger partial charge in [0.05, 0.1) is 0 Å². The van der Waals surface area contributed by atoms with Gasteiger partial charge in [0, 0.05) is 29.1 Å². The fourth-order valence-corrected chi connectivity index (χ4v) is 3.35. The lowest BCUT2D eigenvalue weighted by Gasteiger charge is -2.08. The number of ketones is 1. The maximum absolute atomic E-state index is 12.4. The minimum atomic E-state index is -0.669. The fraction of sp³-hybridized carbons (Fsp3) is 0.208. The van der Waals surface area contributed by atoms with Gasteiger partial charge in [0.25, 0.3) is 5.91 Å². The number of ether oxygens (including phenoxy) is 1. The zero-order chi connectivity index (χ0) is 21.7. The lowest BCUT2D eigenvalue weighted by molar-refractivity contribution is -0.141. The third-order valence-corrected chi connectivity index (χ3v) is 4.95. The van der Waals surface area contributed by atoms with Crippen LogP contribution in [0.2, 0.25) is 0 Å². The predicted octanol–water partition coefficient (Wildman–Crippen LogP) is 3.60. The summed E-state index contributed by atoms with van der Waals surface area (Å²) in [5.74, 6) is -1.33. The molecule has 0 aliphatic rings. The molecule has 0 aliphatic heterocycles. The molecule has 1 aromatic heterocycles. The van der Waals surface area contributed by atoms with E-state index in [0.717, 1.165) is 22.2 Å². The first kappa shape index (κ1) is 21.0. The van der Waals surface area contributed by atoms with E-state index in [1.807, 2.05) is 48.7 Å². The van der Waals surface area contributed by atoms with Crippen molar-refractivity contribution in [2.45, 2.75) is 20.4 Å². The van der Waals surface area contributed by atoms with E-state index < -0.39 is 5.97 Å². The second-order valence-corrected chi connectivity index (χ2v) is 7.01. The highest BCUT2D eigenvalue weighted by molar-refractivity contribution is 6.01. The molecular weight excluding hydrogens is 380 g/mol. The number of amides is 1. The van der Waals surface area contributed by atoms with Crippen LogP contribution in [-0.4, -0.2) is 35.4 Å². The molecule has 6 heteroatoms. The molecule has 1 N–H and O–H groups in total. The summed E-state index contributed by atoms with van der Waals surface area (Å²) in [7, 11) is 0. The Bertz CT molecular complexity index is 1130. The molecular formula is C24H24N2O4. The number of fused-ring (bicyclic) bond motifs is 1. The summed E-state index contributed by atoms with van der Waals surface area (Å²) in [6.07, 6.45) is 1.76. The summed E-state index contributed by atoms with van der Waals surface area (Å²) in [4.78, 5) is 36.7. The number of benzene rings is 2. The Balaban J connectivity index is 1.53. The van der Waals surface area contributed by atoms with Crippen LogP contribution < -0.4 is 5.32 Å². The van der Waals surface area contributed by atoms with Gasteiger partial charge in [0.2, 0.25) is 5.78 Å². The van der Waals surface area contributed by atoms with Gasteiger partial charge in [-0.05, 0) is 42.8 Å². The van der Waals surface area contributed by atoms with Gasteiger partial charge in [-0.2, -0.15) is 0 Å². The molecule has 1 amide bonds. The number of nitrogens with zero attached hydrogens (tertiary/aromatic N) is 1. The first-order valence-corrected chi connectivity index (χ1v) is 9.64. The Kier molecular flexibility index (Phi) is 6.47. The highest BCUT2D eigenvalue weighted by Crippen LogP contribution is 2.17. The second-order valence-electron chi connectivity index (χ2n) is 7.01. The van der Waals surface area contributed by atoms with Gasteiger partial charge in [0.1, 0.15) is 6.54 Å². The number of carbonyl (C=O) groups excluding carboxylic acids is 3. The van der Waals surface area contributed by atoms with Crippen molar-refractivity contribution >= 4 is 28.4 Å². The first-order valence-electron chi connectivity index (χ1n) is 9.64. The van der Waals surface area contributed by atoms with Crippen LogP contribution in [0.4, 0.5) is 0 Å². The Labute approximate surface area is 175 Å². The monoisotopic (exact) mass is 404 g/mol. The van der Waals surface area contributed by atoms with Crippen LogP contribution in [0, 0.1) is 13.8 Å². The van der Waals surface area contributed by atoms with Crippen LogP contribution in [0.5, 0.6) is 0 Å². The molecule has 0 bridgehead atoms. The van der Waals surface area contributed by atoms with E-state index in [4.69, 9.17) is 4.74 Å². The maximum Gasteiger partial charge on any atom is 0.325 e.